The zero-order chi connectivity index (χ0) is 18.1. The third-order valence-corrected chi connectivity index (χ3v) is 6.25. The topological polar surface area (TPSA) is 110 Å². The van der Waals surface area contributed by atoms with Gasteiger partial charge >= 0.3 is 0 Å². The number of pyridine rings is 1. The number of benzene rings is 1. The lowest BCUT2D eigenvalue weighted by atomic mass is 10.2. The summed E-state index contributed by atoms with van der Waals surface area (Å²) in [4.78, 5) is 18.1. The highest BCUT2D eigenvalue weighted by Gasteiger charge is 2.32. The van der Waals surface area contributed by atoms with Gasteiger partial charge in [0, 0.05) is 44.1 Å². The van der Waals surface area contributed by atoms with E-state index in [1.54, 1.807) is 41.6 Å². The van der Waals surface area contributed by atoms with Gasteiger partial charge in [0.1, 0.15) is 10.4 Å². The standard InChI is InChI=1S/C16H15N5O4S/c22-16(12-4-6-17-7-5-12)20-8-10-21(11-9-20)26(23,24)14-3-1-2-13-15(14)19-25-18-13/h1-7H,8-11H2. The van der Waals surface area contributed by atoms with E-state index in [0.717, 1.165) is 0 Å². The Bertz CT molecular complexity index is 1040. The summed E-state index contributed by atoms with van der Waals surface area (Å²) in [6, 6.07) is 8.00. The molecule has 1 aliphatic rings. The van der Waals surface area contributed by atoms with Crippen LogP contribution in [0.5, 0.6) is 0 Å². The molecule has 1 aromatic carbocycles. The van der Waals surface area contributed by atoms with E-state index in [4.69, 9.17) is 0 Å². The Morgan fingerprint density at radius 3 is 2.46 bits per heavy atom. The molecule has 0 aliphatic carbocycles. The van der Waals surface area contributed by atoms with E-state index in [1.165, 1.54) is 10.4 Å². The van der Waals surface area contributed by atoms with E-state index >= 15 is 0 Å². The lowest BCUT2D eigenvalue weighted by molar-refractivity contribution is 0.0698. The molecule has 0 bridgehead atoms. The van der Waals surface area contributed by atoms with Crippen molar-refractivity contribution in [2.45, 2.75) is 4.90 Å². The van der Waals surface area contributed by atoms with Crippen LogP contribution in [0.4, 0.5) is 0 Å². The molecule has 0 atom stereocenters. The van der Waals surface area contributed by atoms with Crippen LogP contribution in [-0.2, 0) is 10.0 Å². The molecule has 2 aromatic heterocycles. The minimum absolute atomic E-state index is 0.0603. The van der Waals surface area contributed by atoms with E-state index in [1.807, 2.05) is 0 Å². The Hall–Kier alpha value is -2.85. The van der Waals surface area contributed by atoms with E-state index in [9.17, 15) is 13.2 Å². The van der Waals surface area contributed by atoms with Crippen LogP contribution in [0, 0.1) is 0 Å². The van der Waals surface area contributed by atoms with E-state index in [2.05, 4.69) is 19.9 Å². The van der Waals surface area contributed by atoms with Gasteiger partial charge < -0.3 is 4.90 Å². The average Bonchev–Trinajstić information content (AvgIpc) is 3.17. The van der Waals surface area contributed by atoms with Gasteiger partial charge in [-0.15, -0.1) is 0 Å². The fourth-order valence-electron chi connectivity index (χ4n) is 2.94. The second-order valence-corrected chi connectivity index (χ2v) is 7.73. The summed E-state index contributed by atoms with van der Waals surface area (Å²) >= 11 is 0. The number of amides is 1. The van der Waals surface area contributed by atoms with Gasteiger partial charge in [-0.2, -0.15) is 4.31 Å². The first-order valence-corrected chi connectivity index (χ1v) is 9.42. The summed E-state index contributed by atoms with van der Waals surface area (Å²) in [7, 11) is -3.75. The van der Waals surface area contributed by atoms with Crippen LogP contribution in [0.2, 0.25) is 0 Å². The second-order valence-electron chi connectivity index (χ2n) is 5.82. The average molecular weight is 373 g/mol. The summed E-state index contributed by atoms with van der Waals surface area (Å²) < 4.78 is 31.9. The molecule has 0 saturated carbocycles. The van der Waals surface area contributed by atoms with Crippen molar-refractivity contribution in [1.82, 2.24) is 24.5 Å². The third-order valence-electron chi connectivity index (χ3n) is 4.32. The number of sulfonamides is 1. The smallest absolute Gasteiger partial charge is 0.254 e. The van der Waals surface area contributed by atoms with Gasteiger partial charge in [0.25, 0.3) is 5.91 Å². The molecule has 0 unspecified atom stereocenters. The van der Waals surface area contributed by atoms with Crippen LogP contribution in [0.25, 0.3) is 11.0 Å². The summed E-state index contributed by atoms with van der Waals surface area (Å²) in [5, 5.41) is 7.38. The lowest BCUT2D eigenvalue weighted by Crippen LogP contribution is -2.50. The van der Waals surface area contributed by atoms with Crippen molar-refractivity contribution in [1.29, 1.82) is 0 Å². The maximum Gasteiger partial charge on any atom is 0.254 e. The summed E-state index contributed by atoms with van der Waals surface area (Å²) in [6.07, 6.45) is 3.11. The monoisotopic (exact) mass is 373 g/mol. The molecule has 1 amide bonds. The molecule has 3 aromatic rings. The molecule has 0 N–H and O–H groups in total. The van der Waals surface area contributed by atoms with Gasteiger partial charge in [0.2, 0.25) is 10.0 Å². The van der Waals surface area contributed by atoms with Gasteiger partial charge in [-0.05, 0) is 34.6 Å². The number of piperazine rings is 1. The van der Waals surface area contributed by atoms with Crippen molar-refractivity contribution in [2.75, 3.05) is 26.2 Å². The van der Waals surface area contributed by atoms with Crippen LogP contribution in [0.15, 0.2) is 52.3 Å². The molecule has 9 nitrogen and oxygen atoms in total. The predicted octanol–water partition coefficient (Wildman–Crippen LogP) is 0.765. The lowest BCUT2D eigenvalue weighted by Gasteiger charge is -2.34. The number of hydrogen-bond acceptors (Lipinski definition) is 7. The predicted molar refractivity (Wildman–Crippen MR) is 90.7 cm³/mol. The van der Waals surface area contributed by atoms with Crippen molar-refractivity contribution in [3.8, 4) is 0 Å². The molecule has 0 spiro atoms. The Kier molecular flexibility index (Phi) is 4.13. The molecule has 10 heteroatoms. The number of carbonyl (C=O) groups is 1. The summed E-state index contributed by atoms with van der Waals surface area (Å²) in [6.45, 7) is 1.04. The number of hydrogen-bond donors (Lipinski definition) is 0. The number of nitrogens with zero attached hydrogens (tertiary/aromatic N) is 5. The first-order valence-electron chi connectivity index (χ1n) is 7.98. The molecule has 4 rings (SSSR count). The zero-order valence-electron chi connectivity index (χ0n) is 13.6. The summed E-state index contributed by atoms with van der Waals surface area (Å²) in [5.41, 5.74) is 1.13. The number of rotatable bonds is 3. The van der Waals surface area contributed by atoms with Crippen LogP contribution >= 0.6 is 0 Å². The largest absolute Gasteiger partial charge is 0.336 e. The first-order chi connectivity index (χ1) is 12.6. The Balaban J connectivity index is 1.52. The highest BCUT2D eigenvalue weighted by molar-refractivity contribution is 7.89. The molecular weight excluding hydrogens is 358 g/mol. The highest BCUT2D eigenvalue weighted by Crippen LogP contribution is 2.24. The van der Waals surface area contributed by atoms with Gasteiger partial charge in [-0.3, -0.25) is 9.78 Å². The minimum atomic E-state index is -3.75. The fourth-order valence-corrected chi connectivity index (χ4v) is 4.50. The molecule has 0 radical (unpaired) electrons. The van der Waals surface area contributed by atoms with Gasteiger partial charge in [0.15, 0.2) is 5.52 Å². The molecular formula is C16H15N5O4S. The minimum Gasteiger partial charge on any atom is -0.336 e. The molecule has 1 fully saturated rings. The highest BCUT2D eigenvalue weighted by atomic mass is 32.2. The Labute approximate surface area is 149 Å². The fraction of sp³-hybridized carbons (Fsp3) is 0.250. The molecule has 3 heterocycles. The second kappa shape index (κ2) is 6.46. The van der Waals surface area contributed by atoms with E-state index in [-0.39, 0.29) is 29.4 Å². The van der Waals surface area contributed by atoms with Crippen molar-refractivity contribution >= 4 is 27.0 Å². The van der Waals surface area contributed by atoms with Crippen molar-refractivity contribution < 1.29 is 17.8 Å². The molecule has 26 heavy (non-hydrogen) atoms. The van der Waals surface area contributed by atoms with Crippen molar-refractivity contribution in [3.63, 3.8) is 0 Å². The van der Waals surface area contributed by atoms with Crippen molar-refractivity contribution in [3.05, 3.63) is 48.3 Å². The first kappa shape index (κ1) is 16.6. The summed E-state index contributed by atoms with van der Waals surface area (Å²) in [5.74, 6) is -0.132. The van der Waals surface area contributed by atoms with Gasteiger partial charge in [-0.1, -0.05) is 6.07 Å². The van der Waals surface area contributed by atoms with Gasteiger partial charge in [0.05, 0.1) is 0 Å². The van der Waals surface area contributed by atoms with Crippen LogP contribution in [-0.4, -0.2) is 65.0 Å². The Morgan fingerprint density at radius 1 is 1.00 bits per heavy atom. The SMILES string of the molecule is O=C(c1ccncc1)N1CCN(S(=O)(=O)c2cccc3nonc23)CC1. The van der Waals surface area contributed by atoms with E-state index < -0.39 is 10.0 Å². The normalized spacial score (nSPS) is 16.1. The Morgan fingerprint density at radius 2 is 1.73 bits per heavy atom. The molecule has 134 valence electrons. The van der Waals surface area contributed by atoms with Crippen molar-refractivity contribution in [2.24, 2.45) is 0 Å². The maximum absolute atomic E-state index is 13.0. The van der Waals surface area contributed by atoms with Gasteiger partial charge in [-0.25, -0.2) is 13.0 Å². The maximum atomic E-state index is 13.0. The molecule has 1 saturated heterocycles. The van der Waals surface area contributed by atoms with Crippen LogP contribution in [0.1, 0.15) is 10.4 Å². The van der Waals surface area contributed by atoms with E-state index in [0.29, 0.717) is 24.2 Å². The number of carbonyl (C=O) groups excluding carboxylic acids is 1. The number of fused-ring (bicyclic) bond motifs is 1. The zero-order valence-corrected chi connectivity index (χ0v) is 14.5. The quantitative estimate of drug-likeness (QED) is 0.667. The molecule has 1 aliphatic heterocycles. The van der Waals surface area contributed by atoms with Crippen LogP contribution in [0.3, 0.4) is 0 Å². The number of aromatic nitrogens is 3. The third kappa shape index (κ3) is 2.82. The van der Waals surface area contributed by atoms with Crippen LogP contribution < -0.4 is 0 Å².